The summed E-state index contributed by atoms with van der Waals surface area (Å²) in [7, 11) is 1.60. The van der Waals surface area contributed by atoms with E-state index in [1.54, 1.807) is 7.11 Å². The Hall–Kier alpha value is -2.47. The van der Waals surface area contributed by atoms with Crippen molar-refractivity contribution in [3.05, 3.63) is 59.2 Å². The Morgan fingerprint density at radius 2 is 2.04 bits per heavy atom. The van der Waals surface area contributed by atoms with Crippen LogP contribution in [0, 0.1) is 6.92 Å². The first-order chi connectivity index (χ1) is 12.0. The van der Waals surface area contributed by atoms with Crippen LogP contribution in [0.25, 0.3) is 0 Å². The number of methoxy groups -OCH3 is 1. The second-order valence-electron chi connectivity index (χ2n) is 5.52. The van der Waals surface area contributed by atoms with Gasteiger partial charge in [0, 0.05) is 17.1 Å². The Kier molecular flexibility index (Phi) is 6.89. The topological polar surface area (TPSA) is 73.8 Å². The quantitative estimate of drug-likeness (QED) is 0.581. The van der Waals surface area contributed by atoms with E-state index < -0.39 is 5.97 Å². The van der Waals surface area contributed by atoms with Gasteiger partial charge < -0.3 is 14.6 Å². The van der Waals surface area contributed by atoms with E-state index in [-0.39, 0.29) is 5.75 Å². The van der Waals surface area contributed by atoms with Gasteiger partial charge in [-0.05, 0) is 49.2 Å². The van der Waals surface area contributed by atoms with Crippen molar-refractivity contribution in [2.24, 2.45) is 5.10 Å². The number of carbonyl (C=O) groups is 1. The second kappa shape index (κ2) is 9.13. The van der Waals surface area contributed by atoms with Gasteiger partial charge in [-0.3, -0.25) is 5.43 Å². The van der Waals surface area contributed by atoms with Crippen LogP contribution in [0.2, 0.25) is 0 Å². The molecule has 0 atom stereocenters. The number of rotatable bonds is 8. The van der Waals surface area contributed by atoms with Crippen molar-refractivity contribution in [2.75, 3.05) is 18.3 Å². The highest BCUT2D eigenvalue weighted by Gasteiger charge is 2.07. The molecule has 0 aromatic heterocycles. The van der Waals surface area contributed by atoms with Crippen molar-refractivity contribution in [1.29, 1.82) is 0 Å². The number of thioether (sulfide) groups is 1. The van der Waals surface area contributed by atoms with Gasteiger partial charge in [0.15, 0.2) is 0 Å². The minimum atomic E-state index is -1.07. The number of anilines is 1. The van der Waals surface area contributed by atoms with Crippen LogP contribution in [0.3, 0.4) is 0 Å². The first-order valence-corrected chi connectivity index (χ1v) is 8.97. The fraction of sp³-hybridized carbons (Fsp3) is 0.263. The molecule has 0 aliphatic rings. The summed E-state index contributed by atoms with van der Waals surface area (Å²) in [4.78, 5) is 10.6. The van der Waals surface area contributed by atoms with Crippen LogP contribution in [-0.4, -0.2) is 24.5 Å². The average molecular weight is 357 g/mol. The van der Waals surface area contributed by atoms with Gasteiger partial charge in [-0.25, -0.2) is 0 Å². The normalized spacial score (nSPS) is 11.2. The Morgan fingerprint density at radius 1 is 1.28 bits per heavy atom. The molecule has 2 aromatic carbocycles. The van der Waals surface area contributed by atoms with E-state index in [1.165, 1.54) is 11.8 Å². The monoisotopic (exact) mass is 357 g/mol. The number of aliphatic carboxylic acids is 1. The highest BCUT2D eigenvalue weighted by Crippen LogP contribution is 2.25. The molecule has 0 aliphatic heterocycles. The van der Waals surface area contributed by atoms with E-state index in [4.69, 9.17) is 4.74 Å². The lowest BCUT2D eigenvalue weighted by Crippen LogP contribution is -2.24. The van der Waals surface area contributed by atoms with Crippen molar-refractivity contribution >= 4 is 29.1 Å². The van der Waals surface area contributed by atoms with Gasteiger partial charge in [-0.1, -0.05) is 18.2 Å². The average Bonchev–Trinajstić information content (AvgIpc) is 2.60. The van der Waals surface area contributed by atoms with Crippen molar-refractivity contribution in [3.63, 3.8) is 0 Å². The van der Waals surface area contributed by atoms with Gasteiger partial charge in [-0.2, -0.15) is 16.9 Å². The fourth-order valence-electron chi connectivity index (χ4n) is 2.27. The summed E-state index contributed by atoms with van der Waals surface area (Å²) in [6.45, 7) is 3.94. The number of nitrogens with one attached hydrogen (secondary N) is 1. The van der Waals surface area contributed by atoms with Gasteiger partial charge >= 0.3 is 0 Å². The van der Waals surface area contributed by atoms with Gasteiger partial charge in [0.05, 0.1) is 24.5 Å². The molecule has 2 aromatic rings. The fourth-order valence-corrected chi connectivity index (χ4v) is 2.98. The molecule has 25 heavy (non-hydrogen) atoms. The number of ether oxygens (including phenoxy) is 1. The minimum absolute atomic E-state index is 0.0463. The zero-order valence-electron chi connectivity index (χ0n) is 14.5. The third-order valence-electron chi connectivity index (χ3n) is 3.66. The molecule has 0 heterocycles. The smallest absolute Gasteiger partial charge is 0.122 e. The molecule has 0 bridgehead atoms. The molecule has 132 valence electrons. The summed E-state index contributed by atoms with van der Waals surface area (Å²) in [6.07, 6.45) is 0. The van der Waals surface area contributed by atoms with Crippen molar-refractivity contribution in [1.82, 2.24) is 0 Å². The first kappa shape index (κ1) is 18.9. The van der Waals surface area contributed by atoms with Crippen LogP contribution >= 0.6 is 11.8 Å². The van der Waals surface area contributed by atoms with Crippen LogP contribution in [-0.2, 0) is 10.5 Å². The molecule has 1 N–H and O–H groups in total. The predicted octanol–water partition coefficient (Wildman–Crippen LogP) is 2.82. The Morgan fingerprint density at radius 3 is 2.72 bits per heavy atom. The minimum Gasteiger partial charge on any atom is -0.549 e. The number of hydrazone groups is 1. The molecule has 0 saturated heterocycles. The largest absolute Gasteiger partial charge is 0.549 e. The van der Waals surface area contributed by atoms with Gasteiger partial charge in [0.2, 0.25) is 0 Å². The number of nitrogens with zero attached hydrogens (tertiary/aromatic N) is 1. The summed E-state index contributed by atoms with van der Waals surface area (Å²) >= 11 is 1.28. The number of carboxylic acids is 1. The molecular formula is C19H21N2O3S-. The molecule has 0 spiro atoms. The second-order valence-corrected chi connectivity index (χ2v) is 6.50. The highest BCUT2D eigenvalue weighted by atomic mass is 32.2. The molecule has 2 rings (SSSR count). The molecule has 0 saturated carbocycles. The van der Waals surface area contributed by atoms with E-state index in [2.05, 4.69) is 10.5 Å². The lowest BCUT2D eigenvalue weighted by molar-refractivity contribution is -0.301. The van der Waals surface area contributed by atoms with Gasteiger partial charge in [0.1, 0.15) is 5.75 Å². The molecule has 0 aliphatic carbocycles. The third-order valence-corrected chi connectivity index (χ3v) is 4.62. The summed E-state index contributed by atoms with van der Waals surface area (Å²) < 4.78 is 5.35. The predicted molar refractivity (Wildman–Crippen MR) is 101 cm³/mol. The molecular weight excluding hydrogens is 336 g/mol. The number of carbonyl (C=O) groups excluding carboxylic acids is 1. The van der Waals surface area contributed by atoms with Gasteiger partial charge in [-0.15, -0.1) is 0 Å². The van der Waals surface area contributed by atoms with Crippen LogP contribution in [0.15, 0.2) is 47.6 Å². The maximum absolute atomic E-state index is 10.6. The number of benzene rings is 2. The maximum atomic E-state index is 10.6. The molecule has 0 fully saturated rings. The zero-order valence-corrected chi connectivity index (χ0v) is 15.4. The standard InChI is InChI=1S/C19H22N2O3S/c1-13-6-4-5-7-17(13)21-20-14(2)15-8-9-18(24-3)16(10-15)11-25-12-19(22)23/h4-10,21H,11-12H2,1-3H3,(H,22,23)/p-1/b20-14-. The van der Waals surface area contributed by atoms with Crippen LogP contribution in [0.1, 0.15) is 23.6 Å². The number of para-hydroxylation sites is 1. The van der Waals surface area contributed by atoms with Crippen LogP contribution in [0.4, 0.5) is 5.69 Å². The summed E-state index contributed by atoms with van der Waals surface area (Å²) in [5.41, 5.74) is 7.87. The molecule has 5 nitrogen and oxygen atoms in total. The third kappa shape index (κ3) is 5.53. The number of carboxylic acid groups (broad SMARTS) is 1. The molecule has 0 radical (unpaired) electrons. The van der Waals surface area contributed by atoms with E-state index in [0.717, 1.165) is 33.8 Å². The Bertz CT molecular complexity index is 775. The van der Waals surface area contributed by atoms with Gasteiger partial charge in [0.25, 0.3) is 0 Å². The van der Waals surface area contributed by atoms with Crippen molar-refractivity contribution in [3.8, 4) is 5.75 Å². The summed E-state index contributed by atoms with van der Waals surface area (Å²) in [5.74, 6) is 0.147. The Labute approximate surface area is 152 Å². The highest BCUT2D eigenvalue weighted by molar-refractivity contribution is 7.99. The maximum Gasteiger partial charge on any atom is 0.122 e. The lowest BCUT2D eigenvalue weighted by Gasteiger charge is -2.11. The molecule has 6 heteroatoms. The van der Waals surface area contributed by atoms with E-state index in [1.807, 2.05) is 56.3 Å². The van der Waals surface area contributed by atoms with Crippen molar-refractivity contribution in [2.45, 2.75) is 19.6 Å². The van der Waals surface area contributed by atoms with E-state index >= 15 is 0 Å². The summed E-state index contributed by atoms with van der Waals surface area (Å²) in [5, 5.41) is 15.0. The number of hydrogen-bond acceptors (Lipinski definition) is 6. The number of aryl methyl sites for hydroxylation is 1. The lowest BCUT2D eigenvalue weighted by atomic mass is 10.1. The molecule has 0 unspecified atom stereocenters. The van der Waals surface area contributed by atoms with Crippen LogP contribution < -0.4 is 15.3 Å². The SMILES string of the molecule is COc1ccc(/C(C)=N\Nc2ccccc2C)cc1CSCC(=O)[O-]. The van der Waals surface area contributed by atoms with E-state index in [9.17, 15) is 9.90 Å². The summed E-state index contributed by atoms with van der Waals surface area (Å²) in [6, 6.07) is 13.7. The Balaban J connectivity index is 2.15. The van der Waals surface area contributed by atoms with Crippen LogP contribution in [0.5, 0.6) is 5.75 Å². The van der Waals surface area contributed by atoms with E-state index in [0.29, 0.717) is 5.75 Å². The first-order valence-electron chi connectivity index (χ1n) is 7.82. The zero-order chi connectivity index (χ0) is 18.2. The van der Waals surface area contributed by atoms with Crippen molar-refractivity contribution < 1.29 is 14.6 Å². The molecule has 0 amide bonds. The number of hydrogen-bond donors (Lipinski definition) is 1.